The van der Waals surface area contributed by atoms with Crippen molar-refractivity contribution in [3.05, 3.63) is 83.0 Å². The van der Waals surface area contributed by atoms with Crippen LogP contribution in [0.2, 0.25) is 0 Å². The summed E-state index contributed by atoms with van der Waals surface area (Å²) in [5.74, 6) is -0.915. The number of nitrogens with zero attached hydrogens (tertiary/aromatic N) is 2. The minimum absolute atomic E-state index is 0.00571. The molecule has 4 rings (SSSR count). The van der Waals surface area contributed by atoms with Crippen LogP contribution in [0.3, 0.4) is 0 Å². The van der Waals surface area contributed by atoms with E-state index < -0.39 is 11.5 Å². The molecule has 1 fully saturated rings. The van der Waals surface area contributed by atoms with Gasteiger partial charge in [-0.25, -0.2) is 0 Å². The summed E-state index contributed by atoms with van der Waals surface area (Å²) < 4.78 is 2.51. The van der Waals surface area contributed by atoms with Crippen molar-refractivity contribution in [3.63, 3.8) is 0 Å². The van der Waals surface area contributed by atoms with Gasteiger partial charge < -0.3 is 25.2 Å². The Morgan fingerprint density at radius 3 is 2.60 bits per heavy atom. The summed E-state index contributed by atoms with van der Waals surface area (Å²) in [6.07, 6.45) is 2.90. The van der Waals surface area contributed by atoms with E-state index >= 15 is 0 Å². The highest BCUT2D eigenvalue weighted by Crippen LogP contribution is 2.33. The van der Waals surface area contributed by atoms with Crippen LogP contribution in [-0.2, 0) is 33.1 Å². The van der Waals surface area contributed by atoms with E-state index in [1.54, 1.807) is 15.7 Å². The normalized spacial score (nSPS) is 15.2. The van der Waals surface area contributed by atoms with E-state index in [1.807, 2.05) is 48.5 Å². The highest BCUT2D eigenvalue weighted by atomic mass is 79.9. The zero-order valence-corrected chi connectivity index (χ0v) is 20.9. The van der Waals surface area contributed by atoms with E-state index in [-0.39, 0.29) is 30.9 Å². The molecule has 1 aromatic heterocycles. The van der Waals surface area contributed by atoms with Crippen LogP contribution >= 0.6 is 15.9 Å². The maximum absolute atomic E-state index is 13.0. The molecule has 0 bridgehead atoms. The minimum Gasteiger partial charge on any atom is -0.375 e. The average molecular weight is 539 g/mol. The Morgan fingerprint density at radius 2 is 1.91 bits per heavy atom. The van der Waals surface area contributed by atoms with Gasteiger partial charge in [-0.15, -0.1) is 0 Å². The molecule has 0 spiro atoms. The highest BCUT2D eigenvalue weighted by molar-refractivity contribution is 9.10. The van der Waals surface area contributed by atoms with E-state index in [0.717, 1.165) is 10.0 Å². The van der Waals surface area contributed by atoms with Crippen LogP contribution in [0.15, 0.2) is 71.9 Å². The van der Waals surface area contributed by atoms with Gasteiger partial charge in [-0.05, 0) is 36.8 Å². The molecule has 0 saturated carbocycles. The summed E-state index contributed by atoms with van der Waals surface area (Å²) in [6, 6.07) is 14.8. The molecule has 1 saturated heterocycles. The van der Waals surface area contributed by atoms with Gasteiger partial charge in [0.2, 0.25) is 11.8 Å². The lowest BCUT2D eigenvalue weighted by Crippen LogP contribution is -2.61. The molecule has 3 amide bonds. The second-order valence-corrected chi connectivity index (χ2v) is 9.70. The summed E-state index contributed by atoms with van der Waals surface area (Å²) in [6.45, 7) is 6.09. The molecule has 0 radical (unpaired) electrons. The van der Waals surface area contributed by atoms with Crippen molar-refractivity contribution in [2.24, 2.45) is 0 Å². The quantitative estimate of drug-likeness (QED) is 0.383. The number of nitrogens with one attached hydrogen (secondary N) is 2. The maximum atomic E-state index is 13.0. The van der Waals surface area contributed by atoms with Gasteiger partial charge >= 0.3 is 0 Å². The summed E-state index contributed by atoms with van der Waals surface area (Å²) >= 11 is 3.45. The van der Waals surface area contributed by atoms with Crippen LogP contribution in [0.4, 0.5) is 0 Å². The number of hydrogen-bond acceptors (Lipinski definition) is 4. The highest BCUT2D eigenvalue weighted by Gasteiger charge is 2.36. The number of amides is 3. The second kappa shape index (κ2) is 10.1. The van der Waals surface area contributed by atoms with Crippen LogP contribution in [0.5, 0.6) is 0 Å². The molecule has 8 nitrogen and oxygen atoms in total. The van der Waals surface area contributed by atoms with Crippen LogP contribution in [0, 0.1) is 0 Å². The lowest BCUT2D eigenvalue weighted by atomic mass is 9.94. The predicted octanol–water partition coefficient (Wildman–Crippen LogP) is 2.44. The summed E-state index contributed by atoms with van der Waals surface area (Å²) in [4.78, 5) is 38.9. The fraction of sp³-hybridized carbons (Fsp3) is 0.269. The third kappa shape index (κ3) is 5.31. The van der Waals surface area contributed by atoms with E-state index in [4.69, 9.17) is 0 Å². The molecule has 182 valence electrons. The Kier molecular flexibility index (Phi) is 7.09. The summed E-state index contributed by atoms with van der Waals surface area (Å²) in [5.41, 5.74) is 0.211. The number of carbonyl (C=O) groups excluding carboxylic acids is 3. The first kappa shape index (κ1) is 24.7. The number of hydrogen-bond donors (Lipinski definition) is 3. The van der Waals surface area contributed by atoms with Gasteiger partial charge in [0.15, 0.2) is 5.60 Å². The second-order valence-electron chi connectivity index (χ2n) is 8.78. The summed E-state index contributed by atoms with van der Waals surface area (Å²) in [7, 11) is 0. The van der Waals surface area contributed by atoms with Crippen molar-refractivity contribution >= 4 is 44.6 Å². The first-order valence-corrected chi connectivity index (χ1v) is 12.0. The molecule has 1 unspecified atom stereocenters. The van der Waals surface area contributed by atoms with Crippen molar-refractivity contribution in [1.82, 2.24) is 20.1 Å². The van der Waals surface area contributed by atoms with Crippen molar-refractivity contribution in [2.45, 2.75) is 31.7 Å². The zero-order valence-electron chi connectivity index (χ0n) is 19.3. The molecule has 35 heavy (non-hydrogen) atoms. The Balaban J connectivity index is 1.51. The molecular formula is C26H27BrN4O4. The van der Waals surface area contributed by atoms with Gasteiger partial charge in [-0.1, -0.05) is 52.8 Å². The number of carbonyl (C=O) groups is 3. The van der Waals surface area contributed by atoms with Crippen molar-refractivity contribution in [2.75, 3.05) is 13.1 Å². The van der Waals surface area contributed by atoms with Gasteiger partial charge in [0.1, 0.15) is 6.54 Å². The van der Waals surface area contributed by atoms with Crippen molar-refractivity contribution in [3.8, 4) is 0 Å². The van der Waals surface area contributed by atoms with E-state index in [9.17, 15) is 19.5 Å². The molecule has 1 aliphatic heterocycles. The van der Waals surface area contributed by atoms with E-state index in [0.29, 0.717) is 29.6 Å². The molecule has 1 aliphatic rings. The Morgan fingerprint density at radius 1 is 1.20 bits per heavy atom. The lowest BCUT2D eigenvalue weighted by Gasteiger charge is -2.38. The molecule has 3 N–H and O–H groups in total. The number of rotatable bonds is 8. The SMILES string of the molecule is C=CC(=O)N1CC(NC(=O)Cn2cc(C(C)(O)C(=O)NCc3ccccc3)c3cc(Br)ccc32)C1. The fourth-order valence-electron chi connectivity index (χ4n) is 4.17. The fourth-order valence-corrected chi connectivity index (χ4v) is 4.53. The van der Waals surface area contributed by atoms with Crippen LogP contribution < -0.4 is 10.6 Å². The third-order valence-electron chi connectivity index (χ3n) is 6.15. The first-order valence-electron chi connectivity index (χ1n) is 11.2. The molecular weight excluding hydrogens is 512 g/mol. The van der Waals surface area contributed by atoms with Gasteiger partial charge in [-0.2, -0.15) is 0 Å². The standard InChI is InChI=1S/C26H27BrN4O4/c1-3-24(33)31-13-19(14-31)29-23(32)16-30-15-21(20-11-18(27)9-10-22(20)30)26(2,35)25(34)28-12-17-7-5-4-6-8-17/h3-11,15,19,35H,1,12-14,16H2,2H3,(H,28,34)(H,29,32). The summed E-state index contributed by atoms with van der Waals surface area (Å²) in [5, 5.41) is 17.7. The van der Waals surface area contributed by atoms with Crippen LogP contribution in [-0.4, -0.2) is 51.4 Å². The largest absolute Gasteiger partial charge is 0.375 e. The Labute approximate surface area is 211 Å². The molecule has 1 atom stereocenters. The topological polar surface area (TPSA) is 104 Å². The Bertz CT molecular complexity index is 1280. The van der Waals surface area contributed by atoms with Gasteiger partial charge in [-0.3, -0.25) is 14.4 Å². The van der Waals surface area contributed by atoms with Gasteiger partial charge in [0, 0.05) is 46.8 Å². The Hall–Kier alpha value is -3.43. The zero-order chi connectivity index (χ0) is 25.2. The maximum Gasteiger partial charge on any atom is 0.256 e. The number of fused-ring (bicyclic) bond motifs is 1. The number of halogens is 1. The van der Waals surface area contributed by atoms with E-state index in [2.05, 4.69) is 33.1 Å². The molecule has 2 aromatic carbocycles. The number of aromatic nitrogens is 1. The minimum atomic E-state index is -1.82. The molecule has 9 heteroatoms. The average Bonchev–Trinajstić information content (AvgIpc) is 3.17. The van der Waals surface area contributed by atoms with Crippen LogP contribution in [0.25, 0.3) is 10.9 Å². The lowest BCUT2D eigenvalue weighted by molar-refractivity contribution is -0.139. The number of likely N-dealkylation sites (tertiary alicyclic amines) is 1. The van der Waals surface area contributed by atoms with Crippen LogP contribution in [0.1, 0.15) is 18.1 Å². The van der Waals surface area contributed by atoms with Crippen molar-refractivity contribution < 1.29 is 19.5 Å². The van der Waals surface area contributed by atoms with E-state index in [1.165, 1.54) is 13.0 Å². The number of aliphatic hydroxyl groups is 1. The number of benzene rings is 2. The third-order valence-corrected chi connectivity index (χ3v) is 6.65. The van der Waals surface area contributed by atoms with Gasteiger partial charge in [0.05, 0.1) is 6.04 Å². The molecule has 2 heterocycles. The molecule has 0 aliphatic carbocycles. The monoisotopic (exact) mass is 538 g/mol. The van der Waals surface area contributed by atoms with Gasteiger partial charge in [0.25, 0.3) is 5.91 Å². The smallest absolute Gasteiger partial charge is 0.256 e. The van der Waals surface area contributed by atoms with Crippen molar-refractivity contribution in [1.29, 1.82) is 0 Å². The first-order chi connectivity index (χ1) is 16.7. The molecule has 3 aromatic rings. The predicted molar refractivity (Wildman–Crippen MR) is 136 cm³/mol.